The van der Waals surface area contributed by atoms with Gasteiger partial charge < -0.3 is 5.32 Å². The average Bonchev–Trinajstić information content (AvgIpc) is 2.18. The van der Waals surface area contributed by atoms with Crippen molar-refractivity contribution in [2.45, 2.75) is 33.6 Å². The fourth-order valence-corrected chi connectivity index (χ4v) is 1.96. The molecule has 1 nitrogen and oxygen atoms in total. The summed E-state index contributed by atoms with van der Waals surface area (Å²) in [6.45, 7) is 12.9. The van der Waals surface area contributed by atoms with Gasteiger partial charge in [-0.05, 0) is 42.7 Å². The topological polar surface area (TPSA) is 12.0 Å². The van der Waals surface area contributed by atoms with E-state index in [0.29, 0.717) is 0 Å². The molecule has 1 atom stereocenters. The summed E-state index contributed by atoms with van der Waals surface area (Å²) in [5.74, 6) is 1.98. The van der Waals surface area contributed by atoms with E-state index in [1.54, 1.807) is 0 Å². The summed E-state index contributed by atoms with van der Waals surface area (Å²) in [6, 6.07) is 0. The van der Waals surface area contributed by atoms with Gasteiger partial charge in [-0.25, -0.2) is 0 Å². The highest BCUT2D eigenvalue weighted by Gasteiger charge is 2.18. The van der Waals surface area contributed by atoms with Crippen LogP contribution in [0.1, 0.15) is 33.6 Å². The number of hydrogen-bond acceptors (Lipinski definition) is 2. The minimum Gasteiger partial charge on any atom is -0.316 e. The SMILES string of the molecule is C=CC(C)(CCCSC)CNCC(C)C. The van der Waals surface area contributed by atoms with Crippen molar-refractivity contribution in [3.63, 3.8) is 0 Å². The monoisotopic (exact) mass is 229 g/mol. The van der Waals surface area contributed by atoms with E-state index in [4.69, 9.17) is 0 Å². The first-order chi connectivity index (χ1) is 7.04. The van der Waals surface area contributed by atoms with E-state index in [1.165, 1.54) is 18.6 Å². The Balaban J connectivity index is 3.80. The van der Waals surface area contributed by atoms with Gasteiger partial charge in [0.25, 0.3) is 0 Å². The molecule has 0 heterocycles. The van der Waals surface area contributed by atoms with Crippen molar-refractivity contribution in [3.8, 4) is 0 Å². The van der Waals surface area contributed by atoms with E-state index in [-0.39, 0.29) is 5.41 Å². The van der Waals surface area contributed by atoms with Gasteiger partial charge >= 0.3 is 0 Å². The first kappa shape index (κ1) is 15.0. The van der Waals surface area contributed by atoms with Gasteiger partial charge in [0.15, 0.2) is 0 Å². The molecule has 15 heavy (non-hydrogen) atoms. The van der Waals surface area contributed by atoms with Crippen LogP contribution in [-0.2, 0) is 0 Å². The van der Waals surface area contributed by atoms with Crippen LogP contribution in [0.2, 0.25) is 0 Å². The van der Waals surface area contributed by atoms with Crippen molar-refractivity contribution in [2.24, 2.45) is 11.3 Å². The minimum absolute atomic E-state index is 0.268. The number of hydrogen-bond donors (Lipinski definition) is 1. The maximum atomic E-state index is 3.96. The summed E-state index contributed by atoms with van der Waals surface area (Å²) < 4.78 is 0. The molecule has 0 aromatic heterocycles. The van der Waals surface area contributed by atoms with Crippen LogP contribution in [0.5, 0.6) is 0 Å². The van der Waals surface area contributed by atoms with E-state index in [0.717, 1.165) is 19.0 Å². The van der Waals surface area contributed by atoms with Crippen molar-refractivity contribution in [1.29, 1.82) is 0 Å². The standard InChI is InChI=1S/C13H27NS/c1-6-13(4,8-7-9-15-5)11-14-10-12(2)3/h6,12,14H,1,7-11H2,2-5H3. The molecule has 0 aliphatic heterocycles. The van der Waals surface area contributed by atoms with Gasteiger partial charge in [-0.1, -0.05) is 26.8 Å². The van der Waals surface area contributed by atoms with Crippen molar-refractivity contribution in [1.82, 2.24) is 5.32 Å². The molecule has 0 aliphatic carbocycles. The molecule has 90 valence electrons. The quantitative estimate of drug-likeness (QED) is 0.479. The molecule has 0 rings (SSSR count). The van der Waals surface area contributed by atoms with Crippen LogP contribution in [-0.4, -0.2) is 25.1 Å². The van der Waals surface area contributed by atoms with Gasteiger partial charge in [-0.15, -0.1) is 6.58 Å². The largest absolute Gasteiger partial charge is 0.316 e. The summed E-state index contributed by atoms with van der Waals surface area (Å²) in [6.07, 6.45) is 6.80. The Bertz CT molecular complexity index is 168. The lowest BCUT2D eigenvalue weighted by molar-refractivity contribution is 0.352. The first-order valence-electron chi connectivity index (χ1n) is 5.87. The van der Waals surface area contributed by atoms with Gasteiger partial charge in [-0.2, -0.15) is 11.8 Å². The Morgan fingerprint density at radius 1 is 1.47 bits per heavy atom. The van der Waals surface area contributed by atoms with Gasteiger partial charge in [0.1, 0.15) is 0 Å². The molecule has 0 fully saturated rings. The van der Waals surface area contributed by atoms with Crippen LogP contribution < -0.4 is 5.32 Å². The number of rotatable bonds is 9. The van der Waals surface area contributed by atoms with E-state index in [9.17, 15) is 0 Å². The summed E-state index contributed by atoms with van der Waals surface area (Å²) in [7, 11) is 0. The second-order valence-corrected chi connectivity index (χ2v) is 5.96. The molecule has 0 aliphatic rings. The van der Waals surface area contributed by atoms with Crippen molar-refractivity contribution in [3.05, 3.63) is 12.7 Å². The molecule has 0 saturated heterocycles. The predicted molar refractivity (Wildman–Crippen MR) is 73.6 cm³/mol. The lowest BCUT2D eigenvalue weighted by atomic mass is 9.85. The fraction of sp³-hybridized carbons (Fsp3) is 0.846. The fourth-order valence-electron chi connectivity index (χ4n) is 1.53. The van der Waals surface area contributed by atoms with Gasteiger partial charge in [0.05, 0.1) is 0 Å². The summed E-state index contributed by atoms with van der Waals surface area (Å²) in [5.41, 5.74) is 0.268. The third kappa shape index (κ3) is 7.92. The lowest BCUT2D eigenvalue weighted by Crippen LogP contribution is -2.32. The third-order valence-electron chi connectivity index (χ3n) is 2.67. The second-order valence-electron chi connectivity index (χ2n) is 4.98. The zero-order valence-electron chi connectivity index (χ0n) is 10.8. The minimum atomic E-state index is 0.268. The van der Waals surface area contributed by atoms with E-state index in [2.05, 4.69) is 45.0 Å². The lowest BCUT2D eigenvalue weighted by Gasteiger charge is -2.26. The van der Waals surface area contributed by atoms with Crippen molar-refractivity contribution in [2.75, 3.05) is 25.1 Å². The molecule has 0 bridgehead atoms. The maximum Gasteiger partial charge on any atom is 0.00399 e. The average molecular weight is 229 g/mol. The molecule has 0 aromatic rings. The van der Waals surface area contributed by atoms with Gasteiger partial charge in [0.2, 0.25) is 0 Å². The van der Waals surface area contributed by atoms with E-state index >= 15 is 0 Å². The van der Waals surface area contributed by atoms with Crippen LogP contribution in [0, 0.1) is 11.3 Å². The molecule has 0 radical (unpaired) electrons. The molecule has 0 saturated carbocycles. The molecule has 0 aromatic carbocycles. The number of nitrogens with one attached hydrogen (secondary N) is 1. The summed E-state index contributed by atoms with van der Waals surface area (Å²) >= 11 is 1.93. The number of thioether (sulfide) groups is 1. The molecule has 0 amide bonds. The highest BCUT2D eigenvalue weighted by atomic mass is 32.2. The van der Waals surface area contributed by atoms with Crippen LogP contribution >= 0.6 is 11.8 Å². The Morgan fingerprint density at radius 2 is 2.13 bits per heavy atom. The Labute approximate surface area is 100 Å². The summed E-state index contributed by atoms with van der Waals surface area (Å²) in [4.78, 5) is 0. The molecular formula is C13H27NS. The predicted octanol–water partition coefficient (Wildman–Crippen LogP) is 3.57. The molecule has 1 N–H and O–H groups in total. The highest BCUT2D eigenvalue weighted by Crippen LogP contribution is 2.24. The molecule has 2 heteroatoms. The zero-order valence-corrected chi connectivity index (χ0v) is 11.6. The first-order valence-corrected chi connectivity index (χ1v) is 7.26. The van der Waals surface area contributed by atoms with Gasteiger partial charge in [0, 0.05) is 6.54 Å². The van der Waals surface area contributed by atoms with Gasteiger partial charge in [-0.3, -0.25) is 0 Å². The molecule has 1 unspecified atom stereocenters. The van der Waals surface area contributed by atoms with Crippen LogP contribution in [0.15, 0.2) is 12.7 Å². The third-order valence-corrected chi connectivity index (χ3v) is 3.37. The highest BCUT2D eigenvalue weighted by molar-refractivity contribution is 7.98. The maximum absolute atomic E-state index is 3.96. The van der Waals surface area contributed by atoms with Crippen molar-refractivity contribution >= 4 is 11.8 Å². The van der Waals surface area contributed by atoms with Crippen molar-refractivity contribution < 1.29 is 0 Å². The molecule has 0 spiro atoms. The van der Waals surface area contributed by atoms with Crippen LogP contribution in [0.3, 0.4) is 0 Å². The Morgan fingerprint density at radius 3 is 2.60 bits per heavy atom. The van der Waals surface area contributed by atoms with E-state index < -0.39 is 0 Å². The zero-order chi connectivity index (χ0) is 11.7. The normalized spacial score (nSPS) is 15.3. The second kappa shape index (κ2) is 8.23. The Hall–Kier alpha value is 0.0500. The Kier molecular flexibility index (Phi) is 8.26. The van der Waals surface area contributed by atoms with Crippen LogP contribution in [0.4, 0.5) is 0 Å². The summed E-state index contributed by atoms with van der Waals surface area (Å²) in [5, 5.41) is 3.53. The van der Waals surface area contributed by atoms with E-state index in [1.807, 2.05) is 11.8 Å². The molecular weight excluding hydrogens is 202 g/mol. The smallest absolute Gasteiger partial charge is 0.00399 e. The van der Waals surface area contributed by atoms with Crippen LogP contribution in [0.25, 0.3) is 0 Å².